The van der Waals surface area contributed by atoms with E-state index < -0.39 is 11.6 Å². The van der Waals surface area contributed by atoms with E-state index in [1.807, 2.05) is 25.8 Å². The Morgan fingerprint density at radius 3 is 2.62 bits per heavy atom. The van der Waals surface area contributed by atoms with Crippen LogP contribution in [0.3, 0.4) is 0 Å². The highest BCUT2D eigenvalue weighted by atomic mass is 19.1. The predicted molar refractivity (Wildman–Crippen MR) is 105 cm³/mol. The molecule has 1 N–H and O–H groups in total. The van der Waals surface area contributed by atoms with E-state index >= 15 is 0 Å². The molecule has 1 atom stereocenters. The fourth-order valence-electron chi connectivity index (χ4n) is 3.71. The average molecular weight is 403 g/mol. The molecule has 1 aromatic heterocycles. The predicted octanol–water partition coefficient (Wildman–Crippen LogP) is 2.89. The van der Waals surface area contributed by atoms with Crippen molar-refractivity contribution < 1.29 is 18.3 Å². The monoisotopic (exact) mass is 403 g/mol. The lowest BCUT2D eigenvalue weighted by molar-refractivity contribution is -0.119. The van der Waals surface area contributed by atoms with Crippen LogP contribution in [-0.4, -0.2) is 48.2 Å². The smallest absolute Gasteiger partial charge is 0.249 e. The zero-order valence-electron chi connectivity index (χ0n) is 16.7. The van der Waals surface area contributed by atoms with Crippen molar-refractivity contribution in [2.75, 3.05) is 29.2 Å². The molecule has 1 saturated carbocycles. The second-order valence-electron chi connectivity index (χ2n) is 7.62. The SMILES string of the molecule is Cc1nc(NC2CC(Oc3ccc(F)cc3F)C2)nc2c1N(C)C(=O)[C@H](C)N2C. The largest absolute Gasteiger partial charge is 0.487 e. The molecular weight excluding hydrogens is 380 g/mol. The first-order valence-electron chi connectivity index (χ1n) is 9.52. The van der Waals surface area contributed by atoms with Gasteiger partial charge in [0, 0.05) is 39.0 Å². The number of hydrogen-bond donors (Lipinski definition) is 1. The molecule has 29 heavy (non-hydrogen) atoms. The van der Waals surface area contributed by atoms with Crippen molar-refractivity contribution in [1.29, 1.82) is 0 Å². The summed E-state index contributed by atoms with van der Waals surface area (Å²) in [6, 6.07) is 3.08. The standard InChI is InChI=1S/C20H23F2N5O2/c1-10-17-18(26(3)11(2)19(28)27(17)4)25-20(23-10)24-13-8-14(9-13)29-16-6-5-12(21)7-15(16)22/h5-7,11,13-14H,8-9H2,1-4H3,(H,23,24,25)/t11-,13?,14?/m0/s1. The minimum atomic E-state index is -0.703. The number of aryl methyl sites for hydroxylation is 1. The Kier molecular flexibility index (Phi) is 4.76. The Labute approximate surface area is 167 Å². The van der Waals surface area contributed by atoms with Crippen LogP contribution in [0.4, 0.5) is 26.2 Å². The van der Waals surface area contributed by atoms with Crippen LogP contribution in [0.2, 0.25) is 0 Å². The molecule has 0 unspecified atom stereocenters. The number of nitrogens with zero attached hydrogens (tertiary/aromatic N) is 4. The van der Waals surface area contributed by atoms with Crippen LogP contribution in [0.15, 0.2) is 18.2 Å². The van der Waals surface area contributed by atoms with Gasteiger partial charge in [-0.05, 0) is 26.0 Å². The summed E-state index contributed by atoms with van der Waals surface area (Å²) in [4.78, 5) is 24.9. The van der Waals surface area contributed by atoms with Gasteiger partial charge in [-0.25, -0.2) is 13.8 Å². The van der Waals surface area contributed by atoms with Crippen molar-refractivity contribution in [1.82, 2.24) is 9.97 Å². The first-order valence-corrected chi connectivity index (χ1v) is 9.52. The number of nitrogens with one attached hydrogen (secondary N) is 1. The maximum absolute atomic E-state index is 13.7. The van der Waals surface area contributed by atoms with E-state index in [1.54, 1.807) is 11.9 Å². The molecule has 0 radical (unpaired) electrons. The van der Waals surface area contributed by atoms with E-state index in [-0.39, 0.29) is 29.8 Å². The van der Waals surface area contributed by atoms with Crippen LogP contribution >= 0.6 is 0 Å². The summed E-state index contributed by atoms with van der Waals surface area (Å²) in [6.07, 6.45) is 1.15. The minimum absolute atomic E-state index is 0.000539. The van der Waals surface area contributed by atoms with Crippen molar-refractivity contribution >= 4 is 23.4 Å². The van der Waals surface area contributed by atoms with Gasteiger partial charge in [0.2, 0.25) is 11.9 Å². The Morgan fingerprint density at radius 2 is 1.93 bits per heavy atom. The summed E-state index contributed by atoms with van der Waals surface area (Å²) in [5, 5.41) is 3.28. The fourth-order valence-corrected chi connectivity index (χ4v) is 3.71. The number of hydrogen-bond acceptors (Lipinski definition) is 6. The number of ether oxygens (including phenoxy) is 1. The number of carbonyl (C=O) groups is 1. The first-order chi connectivity index (χ1) is 13.7. The van der Waals surface area contributed by atoms with Gasteiger partial charge in [-0.1, -0.05) is 0 Å². The Balaban J connectivity index is 1.43. The van der Waals surface area contributed by atoms with E-state index in [1.165, 1.54) is 12.1 Å². The Morgan fingerprint density at radius 1 is 1.21 bits per heavy atom. The van der Waals surface area contributed by atoms with Gasteiger partial charge in [-0.15, -0.1) is 0 Å². The lowest BCUT2D eigenvalue weighted by Gasteiger charge is -2.38. The maximum Gasteiger partial charge on any atom is 0.249 e. The number of anilines is 3. The summed E-state index contributed by atoms with van der Waals surface area (Å²) in [5.41, 5.74) is 1.43. The van der Waals surface area contributed by atoms with Gasteiger partial charge in [0.25, 0.3) is 0 Å². The molecule has 1 aliphatic carbocycles. The second-order valence-corrected chi connectivity index (χ2v) is 7.62. The zero-order valence-corrected chi connectivity index (χ0v) is 16.7. The summed E-state index contributed by atoms with van der Waals surface area (Å²) >= 11 is 0. The number of fused-ring (bicyclic) bond motifs is 1. The third-order valence-electron chi connectivity index (χ3n) is 5.59. The first kappa shape index (κ1) is 19.4. The highest BCUT2D eigenvalue weighted by molar-refractivity contribution is 6.04. The molecule has 2 aromatic rings. The zero-order chi connectivity index (χ0) is 20.9. The highest BCUT2D eigenvalue weighted by Gasteiger charge is 2.36. The van der Waals surface area contributed by atoms with Gasteiger partial charge < -0.3 is 19.9 Å². The van der Waals surface area contributed by atoms with Crippen molar-refractivity contribution in [2.45, 2.75) is 44.9 Å². The van der Waals surface area contributed by atoms with Crippen LogP contribution in [0.1, 0.15) is 25.5 Å². The van der Waals surface area contributed by atoms with Gasteiger partial charge in [0.05, 0.1) is 5.69 Å². The van der Waals surface area contributed by atoms with E-state index in [0.717, 1.165) is 6.07 Å². The number of likely N-dealkylation sites (N-methyl/N-ethyl adjacent to an activating group) is 2. The van der Waals surface area contributed by atoms with Crippen LogP contribution in [0.25, 0.3) is 0 Å². The van der Waals surface area contributed by atoms with E-state index in [2.05, 4.69) is 15.3 Å². The van der Waals surface area contributed by atoms with Gasteiger partial charge in [0.15, 0.2) is 17.4 Å². The molecule has 154 valence electrons. The van der Waals surface area contributed by atoms with Crippen molar-refractivity contribution in [3.63, 3.8) is 0 Å². The number of aromatic nitrogens is 2. The van der Waals surface area contributed by atoms with Crippen LogP contribution in [-0.2, 0) is 4.79 Å². The quantitative estimate of drug-likeness (QED) is 0.847. The third kappa shape index (κ3) is 3.45. The normalized spacial score (nSPS) is 23.5. The summed E-state index contributed by atoms with van der Waals surface area (Å²) < 4.78 is 32.3. The molecule has 1 aliphatic heterocycles. The van der Waals surface area contributed by atoms with Gasteiger partial charge in [-0.3, -0.25) is 4.79 Å². The molecule has 4 rings (SSSR count). The molecule has 1 aromatic carbocycles. The van der Waals surface area contributed by atoms with Gasteiger partial charge in [0.1, 0.15) is 23.7 Å². The topological polar surface area (TPSA) is 70.6 Å². The highest BCUT2D eigenvalue weighted by Crippen LogP contribution is 2.36. The number of rotatable bonds is 4. The Hall–Kier alpha value is -2.97. The molecular formula is C20H23F2N5O2. The molecule has 2 aliphatic rings. The Bertz CT molecular complexity index is 964. The molecule has 7 nitrogen and oxygen atoms in total. The molecule has 1 fully saturated rings. The van der Waals surface area contributed by atoms with Gasteiger partial charge in [-0.2, -0.15) is 4.98 Å². The lowest BCUT2D eigenvalue weighted by atomic mass is 9.89. The van der Waals surface area contributed by atoms with Crippen molar-refractivity contribution in [3.8, 4) is 5.75 Å². The molecule has 0 spiro atoms. The average Bonchev–Trinajstić information content (AvgIpc) is 2.64. The van der Waals surface area contributed by atoms with Crippen LogP contribution in [0.5, 0.6) is 5.75 Å². The molecule has 2 heterocycles. The minimum Gasteiger partial charge on any atom is -0.487 e. The number of carbonyl (C=O) groups excluding carboxylic acids is 1. The van der Waals surface area contributed by atoms with E-state index in [4.69, 9.17) is 4.74 Å². The maximum atomic E-state index is 13.7. The van der Waals surface area contributed by atoms with E-state index in [0.29, 0.717) is 36.0 Å². The second kappa shape index (κ2) is 7.13. The molecule has 0 saturated heterocycles. The summed E-state index contributed by atoms with van der Waals surface area (Å²) in [5.74, 6) is -0.0894. The van der Waals surface area contributed by atoms with Gasteiger partial charge >= 0.3 is 0 Å². The third-order valence-corrected chi connectivity index (χ3v) is 5.59. The lowest BCUT2D eigenvalue weighted by Crippen LogP contribution is -2.50. The number of amides is 1. The summed E-state index contributed by atoms with van der Waals surface area (Å²) in [7, 11) is 3.58. The molecule has 1 amide bonds. The van der Waals surface area contributed by atoms with Crippen molar-refractivity contribution in [2.24, 2.45) is 0 Å². The fraction of sp³-hybridized carbons (Fsp3) is 0.450. The van der Waals surface area contributed by atoms with Crippen LogP contribution in [0, 0.1) is 18.6 Å². The summed E-state index contributed by atoms with van der Waals surface area (Å²) in [6.45, 7) is 3.69. The van der Waals surface area contributed by atoms with Crippen molar-refractivity contribution in [3.05, 3.63) is 35.5 Å². The molecule has 0 bridgehead atoms. The number of benzene rings is 1. The van der Waals surface area contributed by atoms with Crippen LogP contribution < -0.4 is 19.9 Å². The molecule has 9 heteroatoms. The number of halogens is 2. The van der Waals surface area contributed by atoms with E-state index in [9.17, 15) is 13.6 Å².